The predicted molar refractivity (Wildman–Crippen MR) is 69.6 cm³/mol. The van der Waals surface area contributed by atoms with Gasteiger partial charge >= 0.3 is 11.9 Å². The van der Waals surface area contributed by atoms with Gasteiger partial charge in [0.15, 0.2) is 5.60 Å². The molecule has 1 aliphatic rings. The van der Waals surface area contributed by atoms with Crippen LogP contribution in [0.2, 0.25) is 0 Å². The second-order valence-corrected chi connectivity index (χ2v) is 5.60. The van der Waals surface area contributed by atoms with Crippen molar-refractivity contribution in [2.45, 2.75) is 63.9 Å². The largest absolute Gasteiger partial charge is 0.481 e. The van der Waals surface area contributed by atoms with Gasteiger partial charge in [0.05, 0.1) is 6.61 Å². The lowest BCUT2D eigenvalue weighted by molar-refractivity contribution is -0.165. The number of hydrogen-bond acceptors (Lipinski definition) is 4. The molecule has 1 saturated carbocycles. The van der Waals surface area contributed by atoms with Crippen LogP contribution < -0.4 is 0 Å². The average Bonchev–Trinajstić information content (AvgIpc) is 2.37. The van der Waals surface area contributed by atoms with Gasteiger partial charge in [0, 0.05) is 6.42 Å². The average molecular weight is 272 g/mol. The molecule has 0 aromatic carbocycles. The van der Waals surface area contributed by atoms with Crippen molar-refractivity contribution in [2.24, 2.45) is 5.92 Å². The number of ether oxygens (including phenoxy) is 1. The van der Waals surface area contributed by atoms with Gasteiger partial charge < -0.3 is 14.9 Å². The third-order valence-electron chi connectivity index (χ3n) is 3.75. The Labute approximate surface area is 114 Å². The highest BCUT2D eigenvalue weighted by Gasteiger charge is 2.32. The maximum absolute atomic E-state index is 11.7. The van der Waals surface area contributed by atoms with Crippen LogP contribution in [0.25, 0.3) is 0 Å². The van der Waals surface area contributed by atoms with Crippen LogP contribution in [-0.2, 0) is 14.3 Å². The van der Waals surface area contributed by atoms with Gasteiger partial charge in [-0.25, -0.2) is 4.79 Å². The second-order valence-electron chi connectivity index (χ2n) is 5.60. The molecule has 1 rings (SSSR count). The molecule has 1 fully saturated rings. The van der Waals surface area contributed by atoms with E-state index in [1.54, 1.807) is 0 Å². The summed E-state index contributed by atoms with van der Waals surface area (Å²) in [4.78, 5) is 22.1. The van der Waals surface area contributed by atoms with Crippen LogP contribution in [0.15, 0.2) is 0 Å². The number of aliphatic carboxylic acids is 1. The van der Waals surface area contributed by atoms with Crippen LogP contribution in [0.4, 0.5) is 0 Å². The molecule has 0 heterocycles. The number of rotatable bonds is 7. The molecule has 0 aromatic rings. The van der Waals surface area contributed by atoms with Crippen LogP contribution in [0.3, 0.4) is 0 Å². The molecule has 0 radical (unpaired) electrons. The molecule has 0 spiro atoms. The number of carbonyl (C=O) groups excluding carboxylic acids is 1. The Kier molecular flexibility index (Phi) is 6.28. The number of carboxylic acid groups (broad SMARTS) is 1. The van der Waals surface area contributed by atoms with Crippen molar-refractivity contribution in [2.75, 3.05) is 6.61 Å². The molecule has 110 valence electrons. The normalized spacial score (nSPS) is 19.7. The molecule has 19 heavy (non-hydrogen) atoms. The highest BCUT2D eigenvalue weighted by Crippen LogP contribution is 2.26. The maximum Gasteiger partial charge on any atom is 0.337 e. The second kappa shape index (κ2) is 7.48. The first kappa shape index (κ1) is 16.0. The first-order chi connectivity index (χ1) is 8.92. The van der Waals surface area contributed by atoms with Crippen molar-refractivity contribution in [1.82, 2.24) is 0 Å². The van der Waals surface area contributed by atoms with Gasteiger partial charge in [-0.05, 0) is 25.7 Å². The number of carbonyl (C=O) groups is 2. The third-order valence-corrected chi connectivity index (χ3v) is 3.75. The number of carboxylic acids is 1. The molecule has 1 aliphatic carbocycles. The van der Waals surface area contributed by atoms with Crippen LogP contribution in [-0.4, -0.2) is 34.4 Å². The molecule has 0 aromatic heterocycles. The number of aliphatic hydroxyl groups is 1. The zero-order valence-electron chi connectivity index (χ0n) is 11.6. The Hall–Kier alpha value is -1.10. The molecule has 0 bridgehead atoms. The first-order valence-corrected chi connectivity index (χ1v) is 7.03. The van der Waals surface area contributed by atoms with Gasteiger partial charge in [0.1, 0.15) is 0 Å². The van der Waals surface area contributed by atoms with Gasteiger partial charge in [0.2, 0.25) is 0 Å². The highest BCUT2D eigenvalue weighted by molar-refractivity contribution is 5.79. The Bertz CT molecular complexity index is 305. The van der Waals surface area contributed by atoms with Gasteiger partial charge in [-0.2, -0.15) is 0 Å². The molecule has 2 N–H and O–H groups in total. The summed E-state index contributed by atoms with van der Waals surface area (Å²) in [5.74, 6) is -1.13. The fourth-order valence-electron chi connectivity index (χ4n) is 2.40. The number of esters is 1. The molecule has 5 heteroatoms. The molecule has 1 unspecified atom stereocenters. The van der Waals surface area contributed by atoms with E-state index in [0.29, 0.717) is 12.5 Å². The smallest absolute Gasteiger partial charge is 0.337 e. The maximum atomic E-state index is 11.7. The lowest BCUT2D eigenvalue weighted by atomic mass is 9.87. The molecule has 1 atom stereocenters. The monoisotopic (exact) mass is 272 g/mol. The summed E-state index contributed by atoms with van der Waals surface area (Å²) in [5.41, 5.74) is -1.70. The highest BCUT2D eigenvalue weighted by atomic mass is 16.5. The third kappa shape index (κ3) is 6.05. The molecule has 0 saturated heterocycles. The van der Waals surface area contributed by atoms with Crippen molar-refractivity contribution in [3.63, 3.8) is 0 Å². The zero-order chi connectivity index (χ0) is 14.3. The molecule has 5 nitrogen and oxygen atoms in total. The van der Waals surface area contributed by atoms with Gasteiger partial charge in [-0.3, -0.25) is 4.79 Å². The van der Waals surface area contributed by atoms with Crippen LogP contribution >= 0.6 is 0 Å². The minimum absolute atomic E-state index is 0.120. The summed E-state index contributed by atoms with van der Waals surface area (Å²) in [6.07, 6.45) is 6.63. The fraction of sp³-hybridized carbons (Fsp3) is 0.857. The van der Waals surface area contributed by atoms with E-state index in [1.807, 2.05) is 0 Å². The fourth-order valence-corrected chi connectivity index (χ4v) is 2.40. The Morgan fingerprint density at radius 3 is 2.47 bits per heavy atom. The predicted octanol–water partition coefficient (Wildman–Crippen LogP) is 2.12. The van der Waals surface area contributed by atoms with Crippen LogP contribution in [0.5, 0.6) is 0 Å². The molecular weight excluding hydrogens is 248 g/mol. The van der Waals surface area contributed by atoms with E-state index < -0.39 is 17.5 Å². The summed E-state index contributed by atoms with van der Waals surface area (Å²) in [7, 11) is 0. The van der Waals surface area contributed by atoms with E-state index in [2.05, 4.69) is 0 Å². The quantitative estimate of drug-likeness (QED) is 0.693. The summed E-state index contributed by atoms with van der Waals surface area (Å²) < 4.78 is 5.06. The molecular formula is C14H24O5. The van der Waals surface area contributed by atoms with Crippen molar-refractivity contribution in [3.05, 3.63) is 0 Å². The first-order valence-electron chi connectivity index (χ1n) is 7.03. The Morgan fingerprint density at radius 1 is 1.26 bits per heavy atom. The van der Waals surface area contributed by atoms with Gasteiger partial charge in [-0.1, -0.05) is 32.1 Å². The van der Waals surface area contributed by atoms with E-state index in [9.17, 15) is 14.7 Å². The molecule has 0 amide bonds. The summed E-state index contributed by atoms with van der Waals surface area (Å²) in [6.45, 7) is 1.62. The van der Waals surface area contributed by atoms with E-state index >= 15 is 0 Å². The standard InChI is InChI=1S/C14H24O5/c1-14(18,9-7-12(15)16)13(17)19-10-8-11-5-3-2-4-6-11/h11,18H,2-10H2,1H3,(H,15,16). The van der Waals surface area contributed by atoms with Crippen molar-refractivity contribution in [3.8, 4) is 0 Å². The van der Waals surface area contributed by atoms with Crippen LogP contribution in [0.1, 0.15) is 58.3 Å². The van der Waals surface area contributed by atoms with Crippen molar-refractivity contribution < 1.29 is 24.5 Å². The summed E-state index contributed by atoms with van der Waals surface area (Å²) in [6, 6.07) is 0. The van der Waals surface area contributed by atoms with Crippen molar-refractivity contribution >= 4 is 11.9 Å². The summed E-state index contributed by atoms with van der Waals surface area (Å²) >= 11 is 0. The van der Waals surface area contributed by atoms with E-state index in [-0.39, 0.29) is 12.8 Å². The van der Waals surface area contributed by atoms with E-state index in [4.69, 9.17) is 9.84 Å². The van der Waals surface area contributed by atoms with Crippen molar-refractivity contribution in [1.29, 1.82) is 0 Å². The topological polar surface area (TPSA) is 83.8 Å². The van der Waals surface area contributed by atoms with Crippen LogP contribution in [0, 0.1) is 5.92 Å². The lowest BCUT2D eigenvalue weighted by Crippen LogP contribution is -2.37. The Morgan fingerprint density at radius 2 is 1.89 bits per heavy atom. The zero-order valence-corrected chi connectivity index (χ0v) is 11.6. The summed E-state index contributed by atoms with van der Waals surface area (Å²) in [5, 5.41) is 18.4. The van der Waals surface area contributed by atoms with Gasteiger partial charge in [-0.15, -0.1) is 0 Å². The Balaban J connectivity index is 2.23. The van der Waals surface area contributed by atoms with E-state index in [0.717, 1.165) is 6.42 Å². The minimum Gasteiger partial charge on any atom is -0.481 e. The number of hydrogen-bond donors (Lipinski definition) is 2. The van der Waals surface area contributed by atoms with E-state index in [1.165, 1.54) is 39.0 Å². The van der Waals surface area contributed by atoms with Gasteiger partial charge in [0.25, 0.3) is 0 Å². The SMILES string of the molecule is CC(O)(CCC(=O)O)C(=O)OCCC1CCCCC1. The minimum atomic E-state index is -1.70. The molecule has 0 aliphatic heterocycles. The lowest BCUT2D eigenvalue weighted by Gasteiger charge is -2.23.